The van der Waals surface area contributed by atoms with Gasteiger partial charge in [-0.3, -0.25) is 4.79 Å². The van der Waals surface area contributed by atoms with Crippen molar-refractivity contribution in [2.45, 2.75) is 32.1 Å². The number of hydrogen-bond donors (Lipinski definition) is 1. The molecule has 0 aliphatic carbocycles. The first-order chi connectivity index (χ1) is 9.25. The molecule has 0 aromatic carbocycles. The lowest BCUT2D eigenvalue weighted by atomic mass is 10.2. The second-order valence-electron chi connectivity index (χ2n) is 4.97. The van der Waals surface area contributed by atoms with Crippen LogP contribution in [-0.2, 0) is 0 Å². The Balaban J connectivity index is 1.62. The average molecular weight is 345 g/mol. The number of amides is 1. The Hall–Kier alpha value is -0.390. The lowest BCUT2D eigenvalue weighted by Gasteiger charge is -2.19. The molecular formula is C14H21BrN2OS. The van der Waals surface area contributed by atoms with Crippen LogP contribution >= 0.6 is 27.3 Å². The molecule has 5 heteroatoms. The minimum atomic E-state index is 0.0477. The third-order valence-corrected chi connectivity index (χ3v) is 5.05. The minimum Gasteiger partial charge on any atom is -0.351 e. The fraction of sp³-hybridized carbons (Fsp3) is 0.643. The van der Waals surface area contributed by atoms with E-state index in [1.54, 1.807) is 0 Å². The van der Waals surface area contributed by atoms with Crippen molar-refractivity contribution in [3.05, 3.63) is 20.8 Å². The quantitative estimate of drug-likeness (QED) is 0.829. The van der Waals surface area contributed by atoms with E-state index in [9.17, 15) is 4.79 Å². The van der Waals surface area contributed by atoms with Crippen LogP contribution in [0.15, 0.2) is 15.9 Å². The van der Waals surface area contributed by atoms with Crippen molar-refractivity contribution >= 4 is 33.2 Å². The summed E-state index contributed by atoms with van der Waals surface area (Å²) in [5, 5.41) is 2.99. The molecular weight excluding hydrogens is 324 g/mol. The van der Waals surface area contributed by atoms with Crippen LogP contribution in [0.3, 0.4) is 0 Å². The van der Waals surface area contributed by atoms with Gasteiger partial charge in [0.2, 0.25) is 0 Å². The Labute approximate surface area is 127 Å². The van der Waals surface area contributed by atoms with Gasteiger partial charge >= 0.3 is 0 Å². The number of nitrogens with zero attached hydrogens (tertiary/aromatic N) is 1. The molecule has 2 heterocycles. The van der Waals surface area contributed by atoms with E-state index in [-0.39, 0.29) is 5.91 Å². The zero-order valence-corrected chi connectivity index (χ0v) is 13.6. The van der Waals surface area contributed by atoms with Crippen molar-refractivity contribution in [2.24, 2.45) is 0 Å². The highest BCUT2D eigenvalue weighted by molar-refractivity contribution is 9.11. The van der Waals surface area contributed by atoms with Gasteiger partial charge in [-0.1, -0.05) is 12.8 Å². The van der Waals surface area contributed by atoms with E-state index >= 15 is 0 Å². The van der Waals surface area contributed by atoms with Crippen LogP contribution in [0.25, 0.3) is 0 Å². The molecule has 1 aromatic rings. The molecule has 0 unspecified atom stereocenters. The molecule has 1 fully saturated rings. The number of likely N-dealkylation sites (tertiary alicyclic amines) is 1. The number of halogens is 1. The molecule has 0 radical (unpaired) electrons. The first kappa shape index (κ1) is 15.0. The third-order valence-electron chi connectivity index (χ3n) is 3.43. The first-order valence-corrected chi connectivity index (χ1v) is 8.62. The molecule has 1 aromatic heterocycles. The largest absolute Gasteiger partial charge is 0.351 e. The predicted molar refractivity (Wildman–Crippen MR) is 83.9 cm³/mol. The topological polar surface area (TPSA) is 32.3 Å². The maximum absolute atomic E-state index is 11.8. The van der Waals surface area contributed by atoms with Crippen LogP contribution in [0.1, 0.15) is 41.8 Å². The number of carbonyl (C=O) groups excluding carboxylic acids is 1. The van der Waals surface area contributed by atoms with E-state index in [4.69, 9.17) is 0 Å². The molecule has 1 aliphatic rings. The summed E-state index contributed by atoms with van der Waals surface area (Å²) in [5.74, 6) is 0.0477. The molecule has 2 rings (SSSR count). The fourth-order valence-electron chi connectivity index (χ4n) is 2.39. The molecule has 0 spiro atoms. The van der Waals surface area contributed by atoms with Crippen LogP contribution in [0.2, 0.25) is 0 Å². The fourth-order valence-corrected chi connectivity index (χ4v) is 3.69. The summed E-state index contributed by atoms with van der Waals surface area (Å²) in [7, 11) is 0. The Bertz CT molecular complexity index is 400. The summed E-state index contributed by atoms with van der Waals surface area (Å²) < 4.78 is 1.00. The summed E-state index contributed by atoms with van der Waals surface area (Å²) in [5.41, 5.74) is 0. The molecule has 1 N–H and O–H groups in total. The van der Waals surface area contributed by atoms with Crippen molar-refractivity contribution in [3.8, 4) is 0 Å². The highest BCUT2D eigenvalue weighted by Crippen LogP contribution is 2.21. The Kier molecular flexibility index (Phi) is 6.34. The van der Waals surface area contributed by atoms with Gasteiger partial charge in [-0.25, -0.2) is 0 Å². The Morgan fingerprint density at radius 1 is 1.26 bits per heavy atom. The summed E-state index contributed by atoms with van der Waals surface area (Å²) in [6, 6.07) is 3.77. The van der Waals surface area contributed by atoms with Gasteiger partial charge < -0.3 is 10.2 Å². The van der Waals surface area contributed by atoms with Crippen LogP contribution in [-0.4, -0.2) is 37.0 Å². The molecule has 0 atom stereocenters. The molecule has 1 aliphatic heterocycles. The maximum Gasteiger partial charge on any atom is 0.261 e. The first-order valence-electron chi connectivity index (χ1n) is 7.01. The minimum absolute atomic E-state index is 0.0477. The molecule has 1 saturated heterocycles. The zero-order chi connectivity index (χ0) is 13.5. The van der Waals surface area contributed by atoms with Crippen molar-refractivity contribution in [1.29, 1.82) is 0 Å². The van der Waals surface area contributed by atoms with E-state index in [1.165, 1.54) is 50.1 Å². The van der Waals surface area contributed by atoms with Gasteiger partial charge in [0.1, 0.15) is 0 Å². The average Bonchev–Trinajstić information content (AvgIpc) is 2.68. The Morgan fingerprint density at radius 3 is 2.63 bits per heavy atom. The number of hydrogen-bond acceptors (Lipinski definition) is 3. The number of nitrogens with one attached hydrogen (secondary N) is 1. The smallest absolute Gasteiger partial charge is 0.261 e. The van der Waals surface area contributed by atoms with Gasteiger partial charge in [0.15, 0.2) is 0 Å². The van der Waals surface area contributed by atoms with Crippen molar-refractivity contribution in [2.75, 3.05) is 26.2 Å². The van der Waals surface area contributed by atoms with Gasteiger partial charge in [-0.15, -0.1) is 11.3 Å². The van der Waals surface area contributed by atoms with E-state index in [2.05, 4.69) is 26.1 Å². The molecule has 19 heavy (non-hydrogen) atoms. The summed E-state index contributed by atoms with van der Waals surface area (Å²) in [6.07, 6.45) is 6.45. The maximum atomic E-state index is 11.8. The molecule has 0 bridgehead atoms. The van der Waals surface area contributed by atoms with Gasteiger partial charge in [-0.2, -0.15) is 0 Å². The SMILES string of the molecule is O=C(NCCCN1CCCCCC1)c1ccc(Br)s1. The number of thiophene rings is 1. The van der Waals surface area contributed by atoms with Gasteiger partial charge in [0, 0.05) is 6.54 Å². The molecule has 106 valence electrons. The molecule has 3 nitrogen and oxygen atoms in total. The van der Waals surface area contributed by atoms with E-state index in [1.807, 2.05) is 12.1 Å². The van der Waals surface area contributed by atoms with Crippen molar-refractivity contribution in [1.82, 2.24) is 10.2 Å². The highest BCUT2D eigenvalue weighted by atomic mass is 79.9. The van der Waals surface area contributed by atoms with Gasteiger partial charge in [0.25, 0.3) is 5.91 Å². The predicted octanol–water partition coefficient (Wildman–Crippen LogP) is 3.51. The second kappa shape index (κ2) is 8.02. The van der Waals surface area contributed by atoms with Gasteiger partial charge in [-0.05, 0) is 67.0 Å². The highest BCUT2D eigenvalue weighted by Gasteiger charge is 2.10. The molecule has 1 amide bonds. The van der Waals surface area contributed by atoms with Crippen molar-refractivity contribution < 1.29 is 4.79 Å². The number of carbonyl (C=O) groups is 1. The van der Waals surface area contributed by atoms with Crippen LogP contribution in [0, 0.1) is 0 Å². The van der Waals surface area contributed by atoms with Crippen LogP contribution in [0.4, 0.5) is 0 Å². The summed E-state index contributed by atoms with van der Waals surface area (Å²) in [6.45, 7) is 4.33. The summed E-state index contributed by atoms with van der Waals surface area (Å²) in [4.78, 5) is 15.1. The van der Waals surface area contributed by atoms with E-state index < -0.39 is 0 Å². The monoisotopic (exact) mass is 344 g/mol. The number of rotatable bonds is 5. The summed E-state index contributed by atoms with van der Waals surface area (Å²) >= 11 is 4.85. The zero-order valence-electron chi connectivity index (χ0n) is 11.2. The van der Waals surface area contributed by atoms with Gasteiger partial charge in [0.05, 0.1) is 8.66 Å². The van der Waals surface area contributed by atoms with E-state index in [0.29, 0.717) is 0 Å². The normalized spacial score (nSPS) is 17.1. The lowest BCUT2D eigenvalue weighted by molar-refractivity contribution is 0.0955. The van der Waals surface area contributed by atoms with Crippen LogP contribution < -0.4 is 5.32 Å². The van der Waals surface area contributed by atoms with Crippen molar-refractivity contribution in [3.63, 3.8) is 0 Å². The molecule has 0 saturated carbocycles. The lowest BCUT2D eigenvalue weighted by Crippen LogP contribution is -2.30. The van der Waals surface area contributed by atoms with Crippen LogP contribution in [0.5, 0.6) is 0 Å². The second-order valence-corrected chi connectivity index (χ2v) is 7.43. The third kappa shape index (κ3) is 5.24. The Morgan fingerprint density at radius 2 is 2.00 bits per heavy atom. The standard InChI is InChI=1S/C14H21BrN2OS/c15-13-7-6-12(19-13)14(18)16-8-5-11-17-9-3-1-2-4-10-17/h6-7H,1-5,8-11H2,(H,16,18). The van der Waals surface area contributed by atoms with E-state index in [0.717, 1.165) is 28.2 Å².